The van der Waals surface area contributed by atoms with Gasteiger partial charge < -0.3 is 4.98 Å². The lowest BCUT2D eigenvalue weighted by atomic mass is 10.2. The summed E-state index contributed by atoms with van der Waals surface area (Å²) in [5, 5.41) is 0.753. The molecule has 1 heterocycles. The average molecular weight is 219 g/mol. The Morgan fingerprint density at radius 1 is 1.20 bits per heavy atom. The first kappa shape index (κ1) is 9.99. The third kappa shape index (κ3) is 2.48. The third-order valence-electron chi connectivity index (χ3n) is 2.17. The van der Waals surface area contributed by atoms with Crippen molar-refractivity contribution < 1.29 is 0 Å². The van der Waals surface area contributed by atoms with Crippen LogP contribution in [-0.4, -0.2) is 9.97 Å². The topological polar surface area (TPSA) is 28.7 Å². The number of hydrogen-bond acceptors (Lipinski definition) is 1. The third-order valence-corrected chi connectivity index (χ3v) is 2.42. The molecule has 0 aliphatic carbocycles. The van der Waals surface area contributed by atoms with Crippen LogP contribution in [0.4, 0.5) is 0 Å². The smallest absolute Gasteiger partial charge is 0.0929 e. The first-order valence-electron chi connectivity index (χ1n) is 4.69. The molecular weight excluding hydrogens is 208 g/mol. The van der Waals surface area contributed by atoms with E-state index in [2.05, 4.69) is 9.97 Å². The van der Waals surface area contributed by atoms with Gasteiger partial charge in [-0.05, 0) is 30.7 Å². The molecule has 0 saturated carbocycles. The van der Waals surface area contributed by atoms with Crippen molar-refractivity contribution in [2.24, 2.45) is 0 Å². The molecule has 2 nitrogen and oxygen atoms in total. The predicted octanol–water partition coefficient (Wildman–Crippen LogP) is 3.54. The predicted molar refractivity (Wildman–Crippen MR) is 63.7 cm³/mol. The van der Waals surface area contributed by atoms with Gasteiger partial charge in [0.25, 0.3) is 0 Å². The molecule has 1 aromatic carbocycles. The lowest BCUT2D eigenvalue weighted by Gasteiger charge is -1.93. The summed E-state index contributed by atoms with van der Waals surface area (Å²) in [5.74, 6) is 0. The number of hydrogen-bond donors (Lipinski definition) is 1. The van der Waals surface area contributed by atoms with Crippen LogP contribution in [0.25, 0.3) is 12.2 Å². The number of aromatic nitrogens is 2. The zero-order valence-corrected chi connectivity index (χ0v) is 9.12. The number of halogens is 1. The quantitative estimate of drug-likeness (QED) is 0.821. The molecule has 0 fully saturated rings. The molecule has 76 valence electrons. The van der Waals surface area contributed by atoms with E-state index in [1.165, 1.54) is 0 Å². The van der Waals surface area contributed by atoms with Crippen molar-refractivity contribution >= 4 is 23.8 Å². The second-order valence-corrected chi connectivity index (χ2v) is 3.73. The van der Waals surface area contributed by atoms with Crippen molar-refractivity contribution in [2.75, 3.05) is 0 Å². The first-order valence-corrected chi connectivity index (χ1v) is 5.07. The van der Waals surface area contributed by atoms with E-state index in [1.807, 2.05) is 43.3 Å². The number of aryl methyl sites for hydroxylation is 1. The fourth-order valence-electron chi connectivity index (χ4n) is 1.29. The normalized spacial score (nSPS) is 11.1. The van der Waals surface area contributed by atoms with Gasteiger partial charge in [0.2, 0.25) is 0 Å². The highest BCUT2D eigenvalue weighted by Crippen LogP contribution is 2.12. The van der Waals surface area contributed by atoms with E-state index in [1.54, 1.807) is 6.33 Å². The molecule has 1 N–H and O–H groups in total. The van der Waals surface area contributed by atoms with E-state index in [0.717, 1.165) is 22.0 Å². The van der Waals surface area contributed by atoms with Crippen LogP contribution >= 0.6 is 11.6 Å². The Morgan fingerprint density at radius 3 is 2.53 bits per heavy atom. The van der Waals surface area contributed by atoms with Gasteiger partial charge >= 0.3 is 0 Å². The molecule has 0 bridgehead atoms. The first-order chi connectivity index (χ1) is 7.25. The van der Waals surface area contributed by atoms with Gasteiger partial charge in [0.05, 0.1) is 12.0 Å². The highest BCUT2D eigenvalue weighted by molar-refractivity contribution is 6.30. The fraction of sp³-hybridized carbons (Fsp3) is 0.0833. The fourth-order valence-corrected chi connectivity index (χ4v) is 1.41. The van der Waals surface area contributed by atoms with E-state index in [0.29, 0.717) is 0 Å². The van der Waals surface area contributed by atoms with Crippen LogP contribution in [0.15, 0.2) is 30.6 Å². The van der Waals surface area contributed by atoms with E-state index in [-0.39, 0.29) is 0 Å². The minimum atomic E-state index is 0.753. The van der Waals surface area contributed by atoms with E-state index in [4.69, 9.17) is 11.6 Å². The number of nitrogens with zero attached hydrogens (tertiary/aromatic N) is 1. The summed E-state index contributed by atoms with van der Waals surface area (Å²) in [5.41, 5.74) is 3.15. The maximum absolute atomic E-state index is 5.80. The standard InChI is InChI=1S/C12H11ClN2/c1-9-12(15-8-14-9)7-4-10-2-5-11(13)6-3-10/h2-8H,1H3,(H,14,15)/b7-4+. The maximum Gasteiger partial charge on any atom is 0.0929 e. The number of aromatic amines is 1. The number of benzene rings is 1. The Kier molecular flexibility index (Phi) is 2.88. The zero-order valence-electron chi connectivity index (χ0n) is 8.37. The summed E-state index contributed by atoms with van der Waals surface area (Å²) in [6.45, 7) is 1.99. The van der Waals surface area contributed by atoms with Crippen LogP contribution < -0.4 is 0 Å². The molecule has 3 heteroatoms. The van der Waals surface area contributed by atoms with Crippen molar-refractivity contribution in [3.8, 4) is 0 Å². The molecule has 2 aromatic rings. The van der Waals surface area contributed by atoms with Crippen molar-refractivity contribution in [3.05, 3.63) is 52.6 Å². The maximum atomic E-state index is 5.80. The second-order valence-electron chi connectivity index (χ2n) is 3.30. The molecule has 0 spiro atoms. The summed E-state index contributed by atoms with van der Waals surface area (Å²) in [6, 6.07) is 7.69. The monoisotopic (exact) mass is 218 g/mol. The Balaban J connectivity index is 2.19. The molecule has 0 aliphatic heterocycles. The molecule has 15 heavy (non-hydrogen) atoms. The van der Waals surface area contributed by atoms with Crippen LogP contribution in [0.2, 0.25) is 5.02 Å². The van der Waals surface area contributed by atoms with Crippen molar-refractivity contribution in [2.45, 2.75) is 6.92 Å². The largest absolute Gasteiger partial charge is 0.348 e. The Morgan fingerprint density at radius 2 is 1.93 bits per heavy atom. The van der Waals surface area contributed by atoms with Gasteiger partial charge in [-0.25, -0.2) is 4.98 Å². The van der Waals surface area contributed by atoms with E-state index >= 15 is 0 Å². The summed E-state index contributed by atoms with van der Waals surface area (Å²) in [6.07, 6.45) is 5.69. The highest BCUT2D eigenvalue weighted by Gasteiger charge is 1.94. The summed E-state index contributed by atoms with van der Waals surface area (Å²) < 4.78 is 0. The molecule has 0 aliphatic rings. The van der Waals surface area contributed by atoms with Gasteiger partial charge in [-0.3, -0.25) is 0 Å². The van der Waals surface area contributed by atoms with Crippen LogP contribution in [0.5, 0.6) is 0 Å². The average Bonchev–Trinajstić information content (AvgIpc) is 2.63. The van der Waals surface area contributed by atoms with Crippen LogP contribution in [0, 0.1) is 6.92 Å². The molecule has 0 amide bonds. The van der Waals surface area contributed by atoms with Gasteiger partial charge in [-0.1, -0.05) is 29.8 Å². The zero-order chi connectivity index (χ0) is 10.7. The SMILES string of the molecule is Cc1[nH]cnc1/C=C/c1ccc(Cl)cc1. The van der Waals surface area contributed by atoms with Crippen LogP contribution in [-0.2, 0) is 0 Å². The Hall–Kier alpha value is -1.54. The Bertz CT molecular complexity index is 469. The van der Waals surface area contributed by atoms with Crippen LogP contribution in [0.3, 0.4) is 0 Å². The van der Waals surface area contributed by atoms with Gasteiger partial charge in [0.1, 0.15) is 0 Å². The lowest BCUT2D eigenvalue weighted by molar-refractivity contribution is 1.25. The number of rotatable bonds is 2. The second kappa shape index (κ2) is 4.32. The highest BCUT2D eigenvalue weighted by atomic mass is 35.5. The van der Waals surface area contributed by atoms with Gasteiger partial charge in [0, 0.05) is 10.7 Å². The molecule has 1 aromatic heterocycles. The summed E-state index contributed by atoms with van der Waals surface area (Å²) in [4.78, 5) is 7.21. The molecule has 0 atom stereocenters. The van der Waals surface area contributed by atoms with E-state index in [9.17, 15) is 0 Å². The number of H-pyrrole nitrogens is 1. The minimum Gasteiger partial charge on any atom is -0.348 e. The number of nitrogens with one attached hydrogen (secondary N) is 1. The van der Waals surface area contributed by atoms with E-state index < -0.39 is 0 Å². The lowest BCUT2D eigenvalue weighted by Crippen LogP contribution is -1.76. The molecule has 2 rings (SSSR count). The van der Waals surface area contributed by atoms with Gasteiger partial charge in [-0.15, -0.1) is 0 Å². The Labute approximate surface area is 93.6 Å². The van der Waals surface area contributed by atoms with Crippen molar-refractivity contribution in [3.63, 3.8) is 0 Å². The van der Waals surface area contributed by atoms with Crippen molar-refractivity contribution in [1.82, 2.24) is 9.97 Å². The summed E-state index contributed by atoms with van der Waals surface area (Å²) >= 11 is 5.80. The van der Waals surface area contributed by atoms with Crippen molar-refractivity contribution in [1.29, 1.82) is 0 Å². The molecular formula is C12H11ClN2. The molecule has 0 saturated heterocycles. The van der Waals surface area contributed by atoms with Crippen LogP contribution in [0.1, 0.15) is 17.0 Å². The molecule has 0 unspecified atom stereocenters. The molecule has 0 radical (unpaired) electrons. The number of imidazole rings is 1. The van der Waals surface area contributed by atoms with Gasteiger partial charge in [-0.2, -0.15) is 0 Å². The minimum absolute atomic E-state index is 0.753. The summed E-state index contributed by atoms with van der Waals surface area (Å²) in [7, 11) is 0. The van der Waals surface area contributed by atoms with Gasteiger partial charge in [0.15, 0.2) is 0 Å².